The van der Waals surface area contributed by atoms with Gasteiger partial charge in [0.05, 0.1) is 15.6 Å². The summed E-state index contributed by atoms with van der Waals surface area (Å²) in [7, 11) is 0. The van der Waals surface area contributed by atoms with Crippen molar-refractivity contribution in [2.45, 2.75) is 0 Å². The zero-order valence-corrected chi connectivity index (χ0v) is 12.6. The van der Waals surface area contributed by atoms with Crippen LogP contribution < -0.4 is 10.1 Å². The van der Waals surface area contributed by atoms with E-state index in [1.807, 2.05) is 0 Å². The molecule has 0 fully saturated rings. The molecular weight excluding hydrogens is 344 g/mol. The van der Waals surface area contributed by atoms with Gasteiger partial charge in [-0.05, 0) is 28.1 Å². The maximum atomic E-state index is 11.8. The maximum Gasteiger partial charge on any atom is 0.406 e. The number of nitrogens with one attached hydrogen (secondary N) is 1. The van der Waals surface area contributed by atoms with Crippen LogP contribution in [0.25, 0.3) is 0 Å². The summed E-state index contributed by atoms with van der Waals surface area (Å²) >= 11 is 5.85. The van der Waals surface area contributed by atoms with Crippen LogP contribution in [-0.2, 0) is 4.79 Å². The molecule has 1 heterocycles. The molecule has 0 spiro atoms. The Hall–Kier alpha value is -3.27. The zero-order chi connectivity index (χ0) is 17.7. The number of benzene rings is 1. The minimum atomic E-state index is -0.745. The highest BCUT2D eigenvalue weighted by atomic mass is 35.5. The fraction of sp³-hybridized carbons (Fsp3) is 0.0769. The number of aromatic nitrogens is 1. The molecule has 0 atom stereocenters. The molecule has 1 aromatic carbocycles. The van der Waals surface area contributed by atoms with Crippen LogP contribution >= 0.6 is 11.6 Å². The van der Waals surface area contributed by atoms with Crippen LogP contribution in [0.15, 0.2) is 36.5 Å². The quantitative estimate of drug-likeness (QED) is 0.622. The van der Waals surface area contributed by atoms with Crippen molar-refractivity contribution >= 4 is 34.7 Å². The first-order chi connectivity index (χ1) is 11.4. The third-order valence-corrected chi connectivity index (χ3v) is 3.05. The van der Waals surface area contributed by atoms with Crippen molar-refractivity contribution in [3.63, 3.8) is 0 Å². The highest BCUT2D eigenvalue weighted by Gasteiger charge is 2.17. The van der Waals surface area contributed by atoms with Crippen LogP contribution in [0.4, 0.5) is 17.2 Å². The van der Waals surface area contributed by atoms with E-state index in [1.165, 1.54) is 30.5 Å². The van der Waals surface area contributed by atoms with Crippen molar-refractivity contribution in [2.24, 2.45) is 0 Å². The first-order valence-electron chi connectivity index (χ1n) is 6.34. The molecule has 0 saturated carbocycles. The topological polar surface area (TPSA) is 138 Å². The molecule has 10 nitrogen and oxygen atoms in total. The number of nitro benzene ring substituents is 1. The zero-order valence-electron chi connectivity index (χ0n) is 11.8. The van der Waals surface area contributed by atoms with Crippen LogP contribution in [0.5, 0.6) is 5.75 Å². The normalized spacial score (nSPS) is 10.0. The van der Waals surface area contributed by atoms with E-state index in [1.54, 1.807) is 0 Å². The number of hydrogen-bond donors (Lipinski definition) is 1. The highest BCUT2D eigenvalue weighted by Crippen LogP contribution is 2.27. The molecular formula is C13H9ClN4O6. The van der Waals surface area contributed by atoms with E-state index in [0.29, 0.717) is 0 Å². The van der Waals surface area contributed by atoms with Gasteiger partial charge in [0.15, 0.2) is 6.61 Å². The number of carbonyl (C=O) groups is 1. The standard InChI is InChI=1S/C13H9ClN4O6/c14-9-4-3-8(17(20)21)6-10(9)16-12(19)7-24-11-2-1-5-15-13(11)18(22)23/h1-6H,7H2,(H,16,19). The average molecular weight is 353 g/mol. The molecule has 24 heavy (non-hydrogen) atoms. The van der Waals surface area contributed by atoms with Gasteiger partial charge in [-0.3, -0.25) is 14.9 Å². The summed E-state index contributed by atoms with van der Waals surface area (Å²) in [6.45, 7) is -0.564. The first-order valence-corrected chi connectivity index (χ1v) is 6.72. The summed E-state index contributed by atoms with van der Waals surface area (Å²) in [5.74, 6) is -1.41. The molecule has 1 N–H and O–H groups in total. The lowest BCUT2D eigenvalue weighted by molar-refractivity contribution is -0.390. The predicted octanol–water partition coefficient (Wildman–Crippen LogP) is 2.57. The van der Waals surface area contributed by atoms with Gasteiger partial charge in [-0.25, -0.2) is 0 Å². The third kappa shape index (κ3) is 4.14. The Kier molecular flexibility index (Phi) is 5.22. The molecule has 11 heteroatoms. The summed E-state index contributed by atoms with van der Waals surface area (Å²) in [6.07, 6.45) is 1.22. The Labute approximate surface area is 139 Å². The van der Waals surface area contributed by atoms with E-state index in [-0.39, 0.29) is 22.1 Å². The van der Waals surface area contributed by atoms with Gasteiger partial charge in [0.25, 0.3) is 11.6 Å². The number of hydrogen-bond acceptors (Lipinski definition) is 7. The lowest BCUT2D eigenvalue weighted by Crippen LogP contribution is -2.20. The molecule has 2 rings (SSSR count). The number of rotatable bonds is 6. The average Bonchev–Trinajstić information content (AvgIpc) is 2.55. The van der Waals surface area contributed by atoms with E-state index in [4.69, 9.17) is 16.3 Å². The number of non-ortho nitro benzene ring substituents is 1. The first kappa shape index (κ1) is 17.1. The molecule has 0 bridgehead atoms. The number of amides is 1. The summed E-state index contributed by atoms with van der Waals surface area (Å²) in [4.78, 5) is 35.5. The van der Waals surface area contributed by atoms with Crippen LogP contribution in [-0.4, -0.2) is 27.3 Å². The van der Waals surface area contributed by atoms with Crippen molar-refractivity contribution in [1.29, 1.82) is 0 Å². The molecule has 0 aliphatic heterocycles. The van der Waals surface area contributed by atoms with Gasteiger partial charge >= 0.3 is 5.82 Å². The molecule has 0 saturated heterocycles. The van der Waals surface area contributed by atoms with E-state index >= 15 is 0 Å². The Bertz CT molecular complexity index is 813. The van der Waals surface area contributed by atoms with Crippen molar-refractivity contribution in [2.75, 3.05) is 11.9 Å². The third-order valence-electron chi connectivity index (χ3n) is 2.72. The van der Waals surface area contributed by atoms with Crippen LogP contribution in [0, 0.1) is 20.2 Å². The highest BCUT2D eigenvalue weighted by molar-refractivity contribution is 6.33. The minimum absolute atomic E-state index is 0.0279. The van der Waals surface area contributed by atoms with Crippen LogP contribution in [0.1, 0.15) is 0 Å². The van der Waals surface area contributed by atoms with E-state index < -0.39 is 28.2 Å². The van der Waals surface area contributed by atoms with Gasteiger partial charge in [-0.2, -0.15) is 0 Å². The molecule has 0 radical (unpaired) electrons. The van der Waals surface area contributed by atoms with Gasteiger partial charge in [0.1, 0.15) is 6.20 Å². The second-order valence-electron chi connectivity index (χ2n) is 4.34. The predicted molar refractivity (Wildman–Crippen MR) is 83.1 cm³/mol. The second-order valence-corrected chi connectivity index (χ2v) is 4.75. The van der Waals surface area contributed by atoms with Gasteiger partial charge in [0, 0.05) is 12.1 Å². The SMILES string of the molecule is O=C(COc1cccnc1[N+](=O)[O-])Nc1cc([N+](=O)[O-])ccc1Cl. The van der Waals surface area contributed by atoms with Crippen LogP contribution in [0.3, 0.4) is 0 Å². The van der Waals surface area contributed by atoms with Gasteiger partial charge in [0.2, 0.25) is 5.75 Å². The number of pyridine rings is 1. The monoisotopic (exact) mass is 352 g/mol. The van der Waals surface area contributed by atoms with E-state index in [9.17, 15) is 25.0 Å². The number of ether oxygens (including phenoxy) is 1. The van der Waals surface area contributed by atoms with Crippen molar-refractivity contribution in [3.05, 3.63) is 61.8 Å². The lowest BCUT2D eigenvalue weighted by Gasteiger charge is -2.08. The molecule has 1 aromatic heterocycles. The minimum Gasteiger partial charge on any atom is -0.476 e. The number of halogens is 1. The Balaban J connectivity index is 2.06. The molecule has 2 aromatic rings. The van der Waals surface area contributed by atoms with Crippen molar-refractivity contribution in [3.8, 4) is 5.75 Å². The van der Waals surface area contributed by atoms with Crippen molar-refractivity contribution in [1.82, 2.24) is 4.98 Å². The maximum absolute atomic E-state index is 11.8. The van der Waals surface area contributed by atoms with E-state index in [0.717, 1.165) is 6.07 Å². The van der Waals surface area contributed by atoms with Gasteiger partial charge in [-0.15, -0.1) is 0 Å². The molecule has 124 valence electrons. The number of anilines is 1. The Morgan fingerprint density at radius 3 is 2.67 bits per heavy atom. The summed E-state index contributed by atoms with van der Waals surface area (Å²) in [6, 6.07) is 6.25. The number of nitro groups is 2. The van der Waals surface area contributed by atoms with E-state index in [2.05, 4.69) is 10.3 Å². The van der Waals surface area contributed by atoms with Crippen molar-refractivity contribution < 1.29 is 19.4 Å². The molecule has 0 aliphatic carbocycles. The number of nitrogens with zero attached hydrogens (tertiary/aromatic N) is 3. The summed E-state index contributed by atoms with van der Waals surface area (Å²) in [5.41, 5.74) is -0.223. The molecule has 0 unspecified atom stereocenters. The largest absolute Gasteiger partial charge is 0.476 e. The van der Waals surface area contributed by atoms with Gasteiger partial charge < -0.3 is 20.2 Å². The smallest absolute Gasteiger partial charge is 0.406 e. The summed E-state index contributed by atoms with van der Waals surface area (Å²) < 4.78 is 5.06. The summed E-state index contributed by atoms with van der Waals surface area (Å²) in [5, 5.41) is 23.9. The second kappa shape index (κ2) is 7.33. The molecule has 1 amide bonds. The molecule has 0 aliphatic rings. The Morgan fingerprint density at radius 1 is 1.25 bits per heavy atom. The lowest BCUT2D eigenvalue weighted by atomic mass is 10.3. The number of carbonyl (C=O) groups excluding carboxylic acids is 1. The van der Waals surface area contributed by atoms with Gasteiger partial charge in [-0.1, -0.05) is 11.6 Å². The fourth-order valence-electron chi connectivity index (χ4n) is 1.68. The fourth-order valence-corrected chi connectivity index (χ4v) is 1.85. The van der Waals surface area contributed by atoms with Crippen LogP contribution in [0.2, 0.25) is 5.02 Å². The Morgan fingerprint density at radius 2 is 2.00 bits per heavy atom.